The fourth-order valence-corrected chi connectivity index (χ4v) is 3.84. The normalized spacial score (nSPS) is 12.7. The second kappa shape index (κ2) is 7.34. The molecule has 2 rings (SSSR count). The molecule has 0 bridgehead atoms. The Kier molecular flexibility index (Phi) is 5.68. The van der Waals surface area contributed by atoms with Crippen LogP contribution < -0.4 is 5.32 Å². The van der Waals surface area contributed by atoms with Crippen LogP contribution in [-0.4, -0.2) is 20.1 Å². The van der Waals surface area contributed by atoms with E-state index in [0.717, 1.165) is 0 Å². The maximum atomic E-state index is 12.2. The van der Waals surface area contributed by atoms with Crippen molar-refractivity contribution in [2.24, 2.45) is 0 Å². The first-order valence-electron chi connectivity index (χ1n) is 6.82. The van der Waals surface area contributed by atoms with E-state index in [1.165, 1.54) is 12.1 Å². The van der Waals surface area contributed by atoms with Gasteiger partial charge in [-0.2, -0.15) is 0 Å². The van der Waals surface area contributed by atoms with Crippen molar-refractivity contribution in [2.75, 3.05) is 5.75 Å². The Morgan fingerprint density at radius 2 is 1.78 bits per heavy atom. The minimum absolute atomic E-state index is 0.118. The van der Waals surface area contributed by atoms with E-state index in [0.29, 0.717) is 15.6 Å². The van der Waals surface area contributed by atoms with Gasteiger partial charge in [0.2, 0.25) is 5.91 Å². The number of carbonyl (C=O) groups is 1. The second-order valence-electron chi connectivity index (χ2n) is 5.03. The van der Waals surface area contributed by atoms with Crippen molar-refractivity contribution in [3.63, 3.8) is 0 Å². The number of halogens is 2. The van der Waals surface area contributed by atoms with Crippen LogP contribution in [0.1, 0.15) is 18.5 Å². The van der Waals surface area contributed by atoms with Crippen LogP contribution in [0.25, 0.3) is 0 Å². The van der Waals surface area contributed by atoms with Crippen LogP contribution in [0.2, 0.25) is 10.0 Å². The predicted molar refractivity (Wildman–Crippen MR) is 91.5 cm³/mol. The monoisotopic (exact) mass is 371 g/mol. The molecular formula is C16H15Cl2NO3S. The Balaban J connectivity index is 2.07. The smallest absolute Gasteiger partial charge is 0.236 e. The number of nitrogens with one attached hydrogen (secondary N) is 1. The van der Waals surface area contributed by atoms with E-state index in [-0.39, 0.29) is 4.90 Å². The predicted octanol–water partition coefficient (Wildman–Crippen LogP) is 3.64. The summed E-state index contributed by atoms with van der Waals surface area (Å²) < 4.78 is 24.3. The average molecular weight is 372 g/mol. The van der Waals surface area contributed by atoms with E-state index in [9.17, 15) is 13.2 Å². The molecule has 0 saturated heterocycles. The SMILES string of the molecule is CC(NC(=O)CS(=O)(=O)c1ccccc1)c1ccc(Cl)cc1Cl. The Labute approximate surface area is 145 Å². The maximum Gasteiger partial charge on any atom is 0.236 e. The Morgan fingerprint density at radius 1 is 1.13 bits per heavy atom. The van der Waals surface area contributed by atoms with Crippen molar-refractivity contribution in [1.82, 2.24) is 5.32 Å². The summed E-state index contributed by atoms with van der Waals surface area (Å²) in [4.78, 5) is 12.2. The van der Waals surface area contributed by atoms with Crippen molar-refractivity contribution >= 4 is 38.9 Å². The van der Waals surface area contributed by atoms with Gasteiger partial charge in [0, 0.05) is 10.0 Å². The highest BCUT2D eigenvalue weighted by Gasteiger charge is 2.21. The third-order valence-corrected chi connectivity index (χ3v) is 5.42. The van der Waals surface area contributed by atoms with Crippen molar-refractivity contribution < 1.29 is 13.2 Å². The number of hydrogen-bond acceptors (Lipinski definition) is 3. The quantitative estimate of drug-likeness (QED) is 0.872. The highest BCUT2D eigenvalue weighted by Crippen LogP contribution is 2.26. The average Bonchev–Trinajstić information content (AvgIpc) is 2.47. The summed E-state index contributed by atoms with van der Waals surface area (Å²) in [5.74, 6) is -1.21. The number of sulfone groups is 1. The summed E-state index contributed by atoms with van der Waals surface area (Å²) in [7, 11) is -3.67. The lowest BCUT2D eigenvalue weighted by Crippen LogP contribution is -2.32. The summed E-state index contributed by atoms with van der Waals surface area (Å²) >= 11 is 11.9. The van der Waals surface area contributed by atoms with Gasteiger partial charge in [-0.1, -0.05) is 47.5 Å². The lowest BCUT2D eigenvalue weighted by atomic mass is 10.1. The van der Waals surface area contributed by atoms with Crippen LogP contribution >= 0.6 is 23.2 Å². The van der Waals surface area contributed by atoms with Crippen molar-refractivity contribution in [1.29, 1.82) is 0 Å². The minimum Gasteiger partial charge on any atom is -0.349 e. The Morgan fingerprint density at radius 3 is 2.39 bits per heavy atom. The van der Waals surface area contributed by atoms with Gasteiger partial charge < -0.3 is 5.32 Å². The van der Waals surface area contributed by atoms with Crippen LogP contribution in [0.5, 0.6) is 0 Å². The standard InChI is InChI=1S/C16H15Cl2NO3S/c1-11(14-8-7-12(17)9-15(14)18)19-16(20)10-23(21,22)13-5-3-2-4-6-13/h2-9,11H,10H2,1H3,(H,19,20). The fourth-order valence-electron chi connectivity index (χ4n) is 2.10. The largest absolute Gasteiger partial charge is 0.349 e. The molecule has 2 aromatic carbocycles. The molecule has 0 radical (unpaired) electrons. The zero-order valence-corrected chi connectivity index (χ0v) is 14.6. The molecule has 0 heterocycles. The molecule has 1 N–H and O–H groups in total. The van der Waals surface area contributed by atoms with E-state index in [2.05, 4.69) is 5.32 Å². The summed E-state index contributed by atoms with van der Waals surface area (Å²) in [6.45, 7) is 1.72. The fraction of sp³-hybridized carbons (Fsp3) is 0.188. The summed E-state index contributed by atoms with van der Waals surface area (Å²) in [6, 6.07) is 12.4. The van der Waals surface area contributed by atoms with Gasteiger partial charge in [-0.25, -0.2) is 8.42 Å². The first kappa shape index (κ1) is 17.8. The zero-order valence-electron chi connectivity index (χ0n) is 12.3. The molecule has 0 saturated carbocycles. The van der Waals surface area contributed by atoms with Gasteiger partial charge in [-0.3, -0.25) is 4.79 Å². The molecule has 0 spiro atoms. The topological polar surface area (TPSA) is 63.2 Å². The molecule has 1 unspecified atom stereocenters. The molecule has 0 aliphatic carbocycles. The molecule has 1 amide bonds. The molecule has 0 aliphatic heterocycles. The zero-order chi connectivity index (χ0) is 17.0. The second-order valence-corrected chi connectivity index (χ2v) is 7.86. The lowest BCUT2D eigenvalue weighted by Gasteiger charge is -2.16. The first-order valence-corrected chi connectivity index (χ1v) is 9.22. The van der Waals surface area contributed by atoms with Gasteiger partial charge in [-0.15, -0.1) is 0 Å². The third kappa shape index (κ3) is 4.70. The molecule has 1 atom stereocenters. The van der Waals surface area contributed by atoms with Gasteiger partial charge in [0.15, 0.2) is 9.84 Å². The molecule has 0 aromatic heterocycles. The van der Waals surface area contributed by atoms with Gasteiger partial charge in [0.25, 0.3) is 0 Å². The minimum atomic E-state index is -3.67. The summed E-state index contributed by atoms with van der Waals surface area (Å²) in [5, 5.41) is 3.54. The summed E-state index contributed by atoms with van der Waals surface area (Å²) in [6.07, 6.45) is 0. The van der Waals surface area contributed by atoms with Crippen LogP contribution in [-0.2, 0) is 14.6 Å². The number of rotatable bonds is 5. The van der Waals surface area contributed by atoms with E-state index in [4.69, 9.17) is 23.2 Å². The lowest BCUT2D eigenvalue weighted by molar-refractivity contribution is -0.119. The highest BCUT2D eigenvalue weighted by molar-refractivity contribution is 7.92. The van der Waals surface area contributed by atoms with Crippen LogP contribution in [0, 0.1) is 0 Å². The van der Waals surface area contributed by atoms with Crippen molar-refractivity contribution in [3.8, 4) is 0 Å². The van der Waals surface area contributed by atoms with Gasteiger partial charge in [0.05, 0.1) is 10.9 Å². The number of hydrogen-bond donors (Lipinski definition) is 1. The van der Waals surface area contributed by atoms with Crippen molar-refractivity contribution in [3.05, 3.63) is 64.1 Å². The molecule has 7 heteroatoms. The number of benzene rings is 2. The van der Waals surface area contributed by atoms with E-state index < -0.39 is 27.5 Å². The van der Waals surface area contributed by atoms with E-state index >= 15 is 0 Å². The molecular weight excluding hydrogens is 357 g/mol. The molecule has 4 nitrogen and oxygen atoms in total. The van der Waals surface area contributed by atoms with Gasteiger partial charge in [0.1, 0.15) is 5.75 Å². The van der Waals surface area contributed by atoms with Crippen LogP contribution in [0.15, 0.2) is 53.4 Å². The Bertz CT molecular complexity index is 807. The highest BCUT2D eigenvalue weighted by atomic mass is 35.5. The van der Waals surface area contributed by atoms with E-state index in [1.54, 1.807) is 43.3 Å². The van der Waals surface area contributed by atoms with Crippen LogP contribution in [0.4, 0.5) is 0 Å². The van der Waals surface area contributed by atoms with Gasteiger partial charge >= 0.3 is 0 Å². The first-order chi connectivity index (χ1) is 10.8. The number of carbonyl (C=O) groups excluding carboxylic acids is 1. The maximum absolute atomic E-state index is 12.2. The third-order valence-electron chi connectivity index (χ3n) is 3.23. The summed E-state index contributed by atoms with van der Waals surface area (Å²) in [5.41, 5.74) is 0.668. The molecule has 23 heavy (non-hydrogen) atoms. The van der Waals surface area contributed by atoms with E-state index in [1.807, 2.05) is 0 Å². The molecule has 0 fully saturated rings. The Hall–Kier alpha value is -1.56. The van der Waals surface area contributed by atoms with Gasteiger partial charge in [-0.05, 0) is 36.8 Å². The molecule has 122 valence electrons. The number of amides is 1. The molecule has 2 aromatic rings. The van der Waals surface area contributed by atoms with Crippen molar-refractivity contribution in [2.45, 2.75) is 17.9 Å². The van der Waals surface area contributed by atoms with Crippen LogP contribution in [0.3, 0.4) is 0 Å². The molecule has 0 aliphatic rings.